The second kappa shape index (κ2) is 7.27. The molecule has 0 aromatic heterocycles. The van der Waals surface area contributed by atoms with Gasteiger partial charge in [-0.25, -0.2) is 0 Å². The van der Waals surface area contributed by atoms with E-state index in [1.165, 1.54) is 0 Å². The molecule has 0 spiro atoms. The molecule has 0 atom stereocenters. The number of carbonyl (C=O) groups is 1. The fourth-order valence-corrected chi connectivity index (χ4v) is 2.39. The minimum absolute atomic E-state index is 0.0735. The van der Waals surface area contributed by atoms with Crippen LogP contribution in [-0.4, -0.2) is 12.5 Å². The molecule has 21 heavy (non-hydrogen) atoms. The number of benzene rings is 2. The van der Waals surface area contributed by atoms with Gasteiger partial charge in [-0.2, -0.15) is 0 Å². The van der Waals surface area contributed by atoms with Crippen LogP contribution in [0.25, 0.3) is 0 Å². The molecule has 0 saturated heterocycles. The number of ether oxygens (including phenoxy) is 1. The molecular weight excluding hydrogens is 330 g/mol. The van der Waals surface area contributed by atoms with Crippen LogP contribution in [0.4, 0.5) is 0 Å². The maximum absolute atomic E-state index is 12.2. The van der Waals surface area contributed by atoms with Gasteiger partial charge in [0.25, 0.3) is 5.91 Å². The van der Waals surface area contributed by atoms with Crippen molar-refractivity contribution in [1.82, 2.24) is 5.32 Å². The molecule has 0 radical (unpaired) electrons. The topological polar surface area (TPSA) is 38.3 Å². The molecule has 3 nitrogen and oxygen atoms in total. The molecule has 0 unspecified atom stereocenters. The SMILES string of the molecule is CCOc1cccc(CNC(=O)c2cc(Br)ccc2C)c1. The van der Waals surface area contributed by atoms with E-state index in [-0.39, 0.29) is 5.91 Å². The van der Waals surface area contributed by atoms with Crippen LogP contribution in [0.3, 0.4) is 0 Å². The highest BCUT2D eigenvalue weighted by Crippen LogP contribution is 2.17. The van der Waals surface area contributed by atoms with Crippen LogP contribution in [0, 0.1) is 6.92 Å². The minimum atomic E-state index is -0.0735. The van der Waals surface area contributed by atoms with E-state index in [2.05, 4.69) is 21.2 Å². The number of aryl methyl sites for hydroxylation is 1. The predicted molar refractivity (Wildman–Crippen MR) is 87.7 cm³/mol. The molecule has 2 aromatic carbocycles. The van der Waals surface area contributed by atoms with Gasteiger partial charge in [0, 0.05) is 16.6 Å². The summed E-state index contributed by atoms with van der Waals surface area (Å²) in [6.07, 6.45) is 0. The fourth-order valence-electron chi connectivity index (χ4n) is 2.03. The first-order valence-electron chi connectivity index (χ1n) is 6.86. The van der Waals surface area contributed by atoms with Crippen LogP contribution >= 0.6 is 15.9 Å². The molecular formula is C17H18BrNO2. The Bertz CT molecular complexity index is 640. The molecule has 110 valence electrons. The normalized spacial score (nSPS) is 10.2. The van der Waals surface area contributed by atoms with Crippen molar-refractivity contribution in [3.05, 3.63) is 63.6 Å². The first-order chi connectivity index (χ1) is 10.1. The van der Waals surface area contributed by atoms with E-state index in [1.54, 1.807) is 0 Å². The van der Waals surface area contributed by atoms with Crippen LogP contribution in [0.15, 0.2) is 46.9 Å². The third-order valence-corrected chi connectivity index (χ3v) is 3.60. The number of nitrogens with one attached hydrogen (secondary N) is 1. The largest absolute Gasteiger partial charge is 0.494 e. The van der Waals surface area contributed by atoms with Crippen molar-refractivity contribution in [1.29, 1.82) is 0 Å². The van der Waals surface area contributed by atoms with Gasteiger partial charge in [0.2, 0.25) is 0 Å². The maximum atomic E-state index is 12.2. The second-order valence-corrected chi connectivity index (χ2v) is 5.64. The predicted octanol–water partition coefficient (Wildman–Crippen LogP) is 4.09. The quantitative estimate of drug-likeness (QED) is 0.884. The number of halogens is 1. The Balaban J connectivity index is 2.04. The van der Waals surface area contributed by atoms with Gasteiger partial charge in [0.1, 0.15) is 5.75 Å². The van der Waals surface area contributed by atoms with Gasteiger partial charge in [-0.05, 0) is 49.2 Å². The summed E-state index contributed by atoms with van der Waals surface area (Å²) in [6.45, 7) is 4.99. The zero-order valence-electron chi connectivity index (χ0n) is 12.2. The van der Waals surface area contributed by atoms with Crippen LogP contribution in [0.5, 0.6) is 5.75 Å². The summed E-state index contributed by atoms with van der Waals surface area (Å²) in [7, 11) is 0. The first-order valence-corrected chi connectivity index (χ1v) is 7.65. The molecule has 0 bridgehead atoms. The van der Waals surface area contributed by atoms with Crippen molar-refractivity contribution in [2.45, 2.75) is 20.4 Å². The number of rotatable bonds is 5. The number of hydrogen-bond donors (Lipinski definition) is 1. The van der Waals surface area contributed by atoms with E-state index in [0.29, 0.717) is 18.7 Å². The summed E-state index contributed by atoms with van der Waals surface area (Å²) in [5.74, 6) is 0.749. The van der Waals surface area contributed by atoms with Crippen LogP contribution < -0.4 is 10.1 Å². The molecule has 0 aliphatic rings. The molecule has 2 rings (SSSR count). The molecule has 4 heteroatoms. The van der Waals surface area contributed by atoms with Gasteiger partial charge in [-0.3, -0.25) is 4.79 Å². The van der Waals surface area contributed by atoms with Crippen molar-refractivity contribution in [3.63, 3.8) is 0 Å². The zero-order chi connectivity index (χ0) is 15.2. The van der Waals surface area contributed by atoms with Crippen LogP contribution in [0.2, 0.25) is 0 Å². The van der Waals surface area contributed by atoms with E-state index in [4.69, 9.17) is 4.74 Å². The molecule has 0 aliphatic heterocycles. The van der Waals surface area contributed by atoms with E-state index < -0.39 is 0 Å². The molecule has 0 aliphatic carbocycles. The van der Waals surface area contributed by atoms with E-state index >= 15 is 0 Å². The van der Waals surface area contributed by atoms with Gasteiger partial charge in [-0.15, -0.1) is 0 Å². The lowest BCUT2D eigenvalue weighted by Crippen LogP contribution is -2.23. The fraction of sp³-hybridized carbons (Fsp3) is 0.235. The standard InChI is InChI=1S/C17H18BrNO2/c1-3-21-15-6-4-5-13(9-15)11-19-17(20)16-10-14(18)8-7-12(16)2/h4-10H,3,11H2,1-2H3,(H,19,20). The van der Waals surface area contributed by atoms with Crippen molar-refractivity contribution >= 4 is 21.8 Å². The Morgan fingerprint density at radius 3 is 2.81 bits per heavy atom. The lowest BCUT2D eigenvalue weighted by atomic mass is 10.1. The van der Waals surface area contributed by atoms with Gasteiger partial charge in [0.05, 0.1) is 6.61 Å². The highest BCUT2D eigenvalue weighted by Gasteiger charge is 2.09. The van der Waals surface area contributed by atoms with Gasteiger partial charge < -0.3 is 10.1 Å². The van der Waals surface area contributed by atoms with E-state index in [1.807, 2.05) is 56.3 Å². The molecule has 0 heterocycles. The molecule has 0 saturated carbocycles. The molecule has 0 fully saturated rings. The number of amides is 1. The zero-order valence-corrected chi connectivity index (χ0v) is 13.7. The third kappa shape index (κ3) is 4.33. The number of hydrogen-bond acceptors (Lipinski definition) is 2. The lowest BCUT2D eigenvalue weighted by molar-refractivity contribution is 0.0950. The summed E-state index contributed by atoms with van der Waals surface area (Å²) in [4.78, 5) is 12.2. The average Bonchev–Trinajstić information content (AvgIpc) is 2.48. The summed E-state index contributed by atoms with van der Waals surface area (Å²) in [5, 5.41) is 2.94. The summed E-state index contributed by atoms with van der Waals surface area (Å²) < 4.78 is 6.35. The van der Waals surface area contributed by atoms with Crippen molar-refractivity contribution in [2.75, 3.05) is 6.61 Å². The second-order valence-electron chi connectivity index (χ2n) is 4.72. The molecule has 1 N–H and O–H groups in total. The van der Waals surface area contributed by atoms with Gasteiger partial charge in [0.15, 0.2) is 0 Å². The Morgan fingerprint density at radius 1 is 1.24 bits per heavy atom. The summed E-state index contributed by atoms with van der Waals surface area (Å²) >= 11 is 3.39. The lowest BCUT2D eigenvalue weighted by Gasteiger charge is -2.09. The third-order valence-electron chi connectivity index (χ3n) is 3.11. The van der Waals surface area contributed by atoms with Crippen molar-refractivity contribution in [2.24, 2.45) is 0 Å². The highest BCUT2D eigenvalue weighted by molar-refractivity contribution is 9.10. The monoisotopic (exact) mass is 347 g/mol. The van der Waals surface area contributed by atoms with Crippen LogP contribution in [-0.2, 0) is 6.54 Å². The maximum Gasteiger partial charge on any atom is 0.251 e. The minimum Gasteiger partial charge on any atom is -0.494 e. The van der Waals surface area contributed by atoms with Crippen molar-refractivity contribution < 1.29 is 9.53 Å². The average molecular weight is 348 g/mol. The Labute approximate surface area is 133 Å². The Morgan fingerprint density at radius 2 is 2.05 bits per heavy atom. The summed E-state index contributed by atoms with van der Waals surface area (Å²) in [6, 6.07) is 13.4. The summed E-state index contributed by atoms with van der Waals surface area (Å²) in [5.41, 5.74) is 2.66. The number of carbonyl (C=O) groups excluding carboxylic acids is 1. The molecule has 1 amide bonds. The van der Waals surface area contributed by atoms with Crippen LogP contribution in [0.1, 0.15) is 28.4 Å². The van der Waals surface area contributed by atoms with Gasteiger partial charge in [-0.1, -0.05) is 34.1 Å². The molecule has 2 aromatic rings. The smallest absolute Gasteiger partial charge is 0.251 e. The Hall–Kier alpha value is -1.81. The first kappa shape index (κ1) is 15.6. The van der Waals surface area contributed by atoms with E-state index in [9.17, 15) is 4.79 Å². The van der Waals surface area contributed by atoms with Crippen molar-refractivity contribution in [3.8, 4) is 5.75 Å². The Kier molecular flexibility index (Phi) is 5.39. The van der Waals surface area contributed by atoms with Gasteiger partial charge >= 0.3 is 0 Å². The highest BCUT2D eigenvalue weighted by atomic mass is 79.9. The van der Waals surface area contributed by atoms with E-state index in [0.717, 1.165) is 21.3 Å².